The summed E-state index contributed by atoms with van der Waals surface area (Å²) in [4.78, 5) is 13.5. The van der Waals surface area contributed by atoms with E-state index in [1.807, 2.05) is 0 Å². The predicted molar refractivity (Wildman–Crippen MR) is 96.6 cm³/mol. The number of hydrogen-bond donors (Lipinski definition) is 2. The van der Waals surface area contributed by atoms with Crippen LogP contribution in [0.4, 0.5) is 18.9 Å². The number of nitrogens with zero attached hydrogens (tertiary/aromatic N) is 1. The highest BCUT2D eigenvalue weighted by atomic mass is 79.9. The van der Waals surface area contributed by atoms with Crippen molar-refractivity contribution in [2.24, 2.45) is 0 Å². The largest absolute Gasteiger partial charge is 0.491 e. The Bertz CT molecular complexity index is 845. The number of aliphatic hydroxyl groups excluding tert-OH is 1. The van der Waals surface area contributed by atoms with Crippen LogP contribution in [0, 0.1) is 0 Å². The number of hydrogen-bond acceptors (Lipinski definition) is 4. The summed E-state index contributed by atoms with van der Waals surface area (Å²) in [5.74, 6) is -0.247. The lowest BCUT2D eigenvalue weighted by Gasteiger charge is -2.38. The molecule has 0 fully saturated rings. The molecule has 144 valence electrons. The molecule has 2 aromatic carbocycles. The molecule has 9 heteroatoms. The molecule has 27 heavy (non-hydrogen) atoms. The zero-order valence-corrected chi connectivity index (χ0v) is 15.5. The fourth-order valence-electron chi connectivity index (χ4n) is 2.88. The van der Waals surface area contributed by atoms with Gasteiger partial charge in [0.25, 0.3) is 5.91 Å². The summed E-state index contributed by atoms with van der Waals surface area (Å²) in [5.41, 5.74) is 1.12. The summed E-state index contributed by atoms with van der Waals surface area (Å²) in [6.07, 6.45) is -5.55. The Balaban J connectivity index is 1.99. The van der Waals surface area contributed by atoms with Gasteiger partial charge < -0.3 is 20.1 Å². The molecule has 0 aromatic heterocycles. The summed E-state index contributed by atoms with van der Waals surface area (Å²) in [7, 11) is 0. The number of ether oxygens (including phenoxy) is 1. The third-order valence-corrected chi connectivity index (χ3v) is 4.69. The van der Waals surface area contributed by atoms with Crippen LogP contribution in [0.5, 0.6) is 5.75 Å². The smallest absolute Gasteiger partial charge is 0.406 e. The number of fused-ring (bicyclic) bond motifs is 1. The van der Waals surface area contributed by atoms with Gasteiger partial charge in [-0.3, -0.25) is 4.79 Å². The number of rotatable bonds is 5. The molecule has 0 spiro atoms. The molecule has 1 heterocycles. The number of halogens is 4. The van der Waals surface area contributed by atoms with Crippen LogP contribution in [-0.4, -0.2) is 41.8 Å². The van der Waals surface area contributed by atoms with Gasteiger partial charge >= 0.3 is 6.18 Å². The summed E-state index contributed by atoms with van der Waals surface area (Å²) < 4.78 is 45.1. The fraction of sp³-hybridized carbons (Fsp3) is 0.278. The second-order valence-electron chi connectivity index (χ2n) is 5.90. The number of benzene rings is 2. The van der Waals surface area contributed by atoms with Crippen LogP contribution in [0.15, 0.2) is 46.9 Å². The van der Waals surface area contributed by atoms with Crippen molar-refractivity contribution >= 4 is 27.5 Å². The number of carbonyl (C=O) groups is 1. The van der Waals surface area contributed by atoms with Crippen molar-refractivity contribution in [3.05, 3.63) is 58.1 Å². The Morgan fingerprint density at radius 3 is 2.63 bits per heavy atom. The molecule has 0 radical (unpaired) electrons. The van der Waals surface area contributed by atoms with Gasteiger partial charge in [0.1, 0.15) is 25.1 Å². The number of anilines is 1. The van der Waals surface area contributed by atoms with Crippen molar-refractivity contribution in [3.63, 3.8) is 0 Å². The number of nitrogens with one attached hydrogen (secondary N) is 1. The van der Waals surface area contributed by atoms with Gasteiger partial charge in [0.05, 0.1) is 12.2 Å². The minimum atomic E-state index is -4.54. The molecule has 2 N–H and O–H groups in total. The van der Waals surface area contributed by atoms with Crippen LogP contribution < -0.4 is 10.1 Å². The minimum Gasteiger partial charge on any atom is -0.491 e. The summed E-state index contributed by atoms with van der Waals surface area (Å²) >= 11 is 3.34. The molecule has 3 rings (SSSR count). The van der Waals surface area contributed by atoms with Gasteiger partial charge in [-0.2, -0.15) is 13.2 Å². The first-order chi connectivity index (χ1) is 12.8. The van der Waals surface area contributed by atoms with Crippen LogP contribution in [0.25, 0.3) is 0 Å². The van der Waals surface area contributed by atoms with Crippen LogP contribution in [0.2, 0.25) is 0 Å². The summed E-state index contributed by atoms with van der Waals surface area (Å²) in [6, 6.07) is 11.2. The molecule has 0 unspecified atom stereocenters. The normalized spacial score (nSPS) is 16.7. The molecule has 0 aliphatic carbocycles. The monoisotopic (exact) mass is 444 g/mol. The van der Waals surface area contributed by atoms with Gasteiger partial charge in [-0.15, -0.1) is 0 Å². The van der Waals surface area contributed by atoms with E-state index in [1.54, 1.807) is 36.4 Å². The van der Waals surface area contributed by atoms with Crippen molar-refractivity contribution in [1.29, 1.82) is 0 Å². The van der Waals surface area contributed by atoms with E-state index in [2.05, 4.69) is 21.2 Å². The standard InChI is InChI=1S/C18H16BrF3N2O3/c19-14-9-11(27-8-7-25)5-6-12(14)16-23-15-4-2-1-3-13(15)17(26)24(16)10-18(20,21)22/h1-6,9,16,23,25H,7-8,10H2/t16-/m1/s1. The fourth-order valence-corrected chi connectivity index (χ4v) is 3.45. The van der Waals surface area contributed by atoms with Gasteiger partial charge in [-0.1, -0.05) is 34.1 Å². The number of amides is 1. The maximum Gasteiger partial charge on any atom is 0.406 e. The Morgan fingerprint density at radius 1 is 1.22 bits per heavy atom. The quantitative estimate of drug-likeness (QED) is 0.732. The lowest BCUT2D eigenvalue weighted by atomic mass is 10.0. The third kappa shape index (κ3) is 4.36. The molecule has 1 aliphatic heterocycles. The van der Waals surface area contributed by atoms with Crippen LogP contribution in [0.3, 0.4) is 0 Å². The molecule has 1 aliphatic rings. The minimum absolute atomic E-state index is 0.0968. The molecule has 0 bridgehead atoms. The highest BCUT2D eigenvalue weighted by molar-refractivity contribution is 9.10. The lowest BCUT2D eigenvalue weighted by Crippen LogP contribution is -2.47. The van der Waals surface area contributed by atoms with E-state index in [1.165, 1.54) is 6.07 Å². The van der Waals surface area contributed by atoms with Gasteiger partial charge in [0, 0.05) is 15.7 Å². The van der Waals surface area contributed by atoms with Crippen molar-refractivity contribution in [1.82, 2.24) is 4.90 Å². The molecule has 0 saturated carbocycles. The number of para-hydroxylation sites is 1. The van der Waals surface area contributed by atoms with Crippen LogP contribution in [-0.2, 0) is 0 Å². The summed E-state index contributed by atoms with van der Waals surface area (Å²) in [6.45, 7) is -1.44. The van der Waals surface area contributed by atoms with Gasteiger partial charge in [0.15, 0.2) is 0 Å². The molecule has 2 aromatic rings. The molecule has 1 atom stereocenters. The average Bonchev–Trinajstić information content (AvgIpc) is 2.61. The first-order valence-electron chi connectivity index (χ1n) is 8.06. The lowest BCUT2D eigenvalue weighted by molar-refractivity contribution is -0.144. The van der Waals surface area contributed by atoms with E-state index in [0.29, 0.717) is 21.5 Å². The van der Waals surface area contributed by atoms with Crippen molar-refractivity contribution < 1.29 is 27.8 Å². The second-order valence-corrected chi connectivity index (χ2v) is 6.75. The molecule has 0 saturated heterocycles. The Labute approximate surface area is 161 Å². The Hall–Kier alpha value is -2.26. The number of alkyl halides is 3. The predicted octanol–water partition coefficient (Wildman–Crippen LogP) is 3.95. The highest BCUT2D eigenvalue weighted by Gasteiger charge is 2.41. The van der Waals surface area contributed by atoms with Gasteiger partial charge in [0.2, 0.25) is 0 Å². The average molecular weight is 445 g/mol. The second kappa shape index (κ2) is 7.77. The molecule has 1 amide bonds. The Morgan fingerprint density at radius 2 is 1.96 bits per heavy atom. The van der Waals surface area contributed by atoms with Gasteiger partial charge in [-0.05, 0) is 24.3 Å². The van der Waals surface area contributed by atoms with Crippen molar-refractivity contribution in [2.75, 3.05) is 25.1 Å². The topological polar surface area (TPSA) is 61.8 Å². The maximum atomic E-state index is 13.1. The number of carbonyl (C=O) groups excluding carboxylic acids is 1. The summed E-state index contributed by atoms with van der Waals surface area (Å²) in [5, 5.41) is 11.8. The van der Waals surface area contributed by atoms with E-state index in [4.69, 9.17) is 9.84 Å². The van der Waals surface area contributed by atoms with E-state index in [0.717, 1.165) is 4.90 Å². The van der Waals surface area contributed by atoms with E-state index in [-0.39, 0.29) is 18.8 Å². The number of aliphatic hydroxyl groups is 1. The SMILES string of the molecule is O=C1c2ccccc2N[C@@H](c2ccc(OCCO)cc2Br)N1CC(F)(F)F. The van der Waals surface area contributed by atoms with Gasteiger partial charge in [-0.25, -0.2) is 0 Å². The van der Waals surface area contributed by atoms with Crippen molar-refractivity contribution in [2.45, 2.75) is 12.3 Å². The van der Waals surface area contributed by atoms with E-state index < -0.39 is 24.8 Å². The first kappa shape index (κ1) is 19.5. The molecule has 5 nitrogen and oxygen atoms in total. The molecular formula is C18H16BrF3N2O3. The maximum absolute atomic E-state index is 13.1. The van der Waals surface area contributed by atoms with Crippen LogP contribution in [0.1, 0.15) is 22.1 Å². The zero-order chi connectivity index (χ0) is 19.6. The highest BCUT2D eigenvalue weighted by Crippen LogP contribution is 2.38. The first-order valence-corrected chi connectivity index (χ1v) is 8.86. The van der Waals surface area contributed by atoms with Crippen molar-refractivity contribution in [3.8, 4) is 5.75 Å². The molecular weight excluding hydrogens is 429 g/mol. The van der Waals surface area contributed by atoms with E-state index >= 15 is 0 Å². The zero-order valence-electron chi connectivity index (χ0n) is 14.0. The third-order valence-electron chi connectivity index (χ3n) is 4.00. The van der Waals surface area contributed by atoms with E-state index in [9.17, 15) is 18.0 Å². The van der Waals surface area contributed by atoms with Crippen LogP contribution >= 0.6 is 15.9 Å². The Kier molecular flexibility index (Phi) is 5.61.